The Balaban J connectivity index is 2.37. The molecule has 2 aromatic rings. The number of hydrogen-bond acceptors (Lipinski definition) is 4. The Morgan fingerprint density at radius 3 is 2.62 bits per heavy atom. The predicted octanol–water partition coefficient (Wildman–Crippen LogP) is 3.97. The average Bonchev–Trinajstić information content (AvgIpc) is 2.91. The van der Waals surface area contributed by atoms with E-state index in [0.29, 0.717) is 15.6 Å². The predicted molar refractivity (Wildman–Crippen MR) is 92.6 cm³/mol. The first kappa shape index (κ1) is 16.9. The number of carbonyl (C=O) groups excluding carboxylic acids is 1. The molecule has 0 aliphatic rings. The average molecular weight is 455 g/mol. The van der Waals surface area contributed by atoms with Gasteiger partial charge in [-0.1, -0.05) is 55.6 Å². The van der Waals surface area contributed by atoms with E-state index in [1.54, 1.807) is 12.1 Å². The molecule has 8 heteroatoms. The Morgan fingerprint density at radius 1 is 1.38 bits per heavy atom. The molecule has 1 aromatic heterocycles. The number of halogens is 3. The minimum Gasteiger partial charge on any atom is -0.395 e. The van der Waals surface area contributed by atoms with E-state index in [2.05, 4.69) is 42.2 Å². The van der Waals surface area contributed by atoms with Gasteiger partial charge < -0.3 is 10.4 Å². The van der Waals surface area contributed by atoms with Crippen molar-refractivity contribution in [3.8, 4) is 10.6 Å². The van der Waals surface area contributed by atoms with Gasteiger partial charge in [0.05, 0.1) is 12.3 Å². The Morgan fingerprint density at radius 2 is 2.05 bits per heavy atom. The summed E-state index contributed by atoms with van der Waals surface area (Å²) in [4.78, 5) is 17.1. The van der Waals surface area contributed by atoms with Crippen molar-refractivity contribution in [1.82, 2.24) is 10.3 Å². The second-order valence-corrected chi connectivity index (χ2v) is 8.52. The lowest BCUT2D eigenvalue weighted by Gasteiger charge is -2.03. The summed E-state index contributed by atoms with van der Waals surface area (Å²) in [5.74, 6) is -0.249. The maximum Gasteiger partial charge on any atom is 0.263 e. The third-order valence-electron chi connectivity index (χ3n) is 2.55. The smallest absolute Gasteiger partial charge is 0.263 e. The Kier molecular flexibility index (Phi) is 6.19. The van der Waals surface area contributed by atoms with Crippen molar-refractivity contribution in [2.45, 2.75) is 3.74 Å². The fourth-order valence-corrected chi connectivity index (χ4v) is 3.72. The van der Waals surface area contributed by atoms with Gasteiger partial charge >= 0.3 is 0 Å². The van der Waals surface area contributed by atoms with Gasteiger partial charge in [-0.3, -0.25) is 4.79 Å². The molecule has 0 radical (unpaired) electrons. The molecule has 1 heterocycles. The van der Waals surface area contributed by atoms with Crippen LogP contribution in [0.2, 0.25) is 5.02 Å². The second-order valence-electron chi connectivity index (χ2n) is 4.02. The van der Waals surface area contributed by atoms with Crippen molar-refractivity contribution in [3.05, 3.63) is 39.9 Å². The van der Waals surface area contributed by atoms with Crippen LogP contribution in [-0.4, -0.2) is 29.1 Å². The summed E-state index contributed by atoms with van der Waals surface area (Å²) in [7, 11) is 0. The number of hydrogen-bond donors (Lipinski definition) is 2. The fraction of sp³-hybridized carbons (Fsp3) is 0.231. The normalized spacial score (nSPS) is 10.9. The van der Waals surface area contributed by atoms with E-state index < -0.39 is 0 Å². The highest BCUT2D eigenvalue weighted by molar-refractivity contribution is 9.24. The molecule has 0 aliphatic carbocycles. The van der Waals surface area contributed by atoms with Gasteiger partial charge in [0.2, 0.25) is 0 Å². The molecule has 0 spiro atoms. The summed E-state index contributed by atoms with van der Waals surface area (Å²) in [5.41, 5.74) is 1.51. The van der Waals surface area contributed by atoms with Crippen LogP contribution in [0.5, 0.6) is 0 Å². The Hall–Kier alpha value is -0.470. The fourth-order valence-electron chi connectivity index (χ4n) is 1.61. The van der Waals surface area contributed by atoms with Gasteiger partial charge in [0.25, 0.3) is 5.91 Å². The molecule has 0 aliphatic heterocycles. The van der Waals surface area contributed by atoms with Crippen molar-refractivity contribution >= 4 is 60.7 Å². The van der Waals surface area contributed by atoms with Crippen LogP contribution in [0.25, 0.3) is 10.6 Å². The summed E-state index contributed by atoms with van der Waals surface area (Å²) >= 11 is 13.9. The molecule has 0 atom stereocenters. The molecule has 1 aromatic carbocycles. The molecule has 0 unspecified atom stereocenters. The standard InChI is InChI=1S/C13H11Br2ClN2O2S/c14-11(15)9-10(12(20)17-5-6-19)21-13(18-9)7-1-3-8(16)4-2-7/h1-4,11,19H,5-6H2,(H,17,20). The molecule has 2 N–H and O–H groups in total. The second kappa shape index (κ2) is 7.69. The summed E-state index contributed by atoms with van der Waals surface area (Å²) in [6.45, 7) is 0.109. The van der Waals surface area contributed by atoms with Gasteiger partial charge in [-0.2, -0.15) is 0 Å². The third kappa shape index (κ3) is 4.26. The maximum absolute atomic E-state index is 12.1. The highest BCUT2D eigenvalue weighted by atomic mass is 79.9. The van der Waals surface area contributed by atoms with Crippen LogP contribution in [0.15, 0.2) is 24.3 Å². The number of benzene rings is 1. The van der Waals surface area contributed by atoms with Crippen molar-refractivity contribution < 1.29 is 9.90 Å². The van der Waals surface area contributed by atoms with Gasteiger partial charge in [0, 0.05) is 17.1 Å². The lowest BCUT2D eigenvalue weighted by Crippen LogP contribution is -2.26. The van der Waals surface area contributed by atoms with Crippen LogP contribution in [0.1, 0.15) is 19.1 Å². The Bertz CT molecular complexity index is 632. The maximum atomic E-state index is 12.1. The molecule has 0 saturated carbocycles. The van der Waals surface area contributed by atoms with Crippen molar-refractivity contribution in [3.63, 3.8) is 0 Å². The number of amides is 1. The number of alkyl halides is 2. The first-order valence-corrected chi connectivity index (χ1v) is 8.99. The largest absolute Gasteiger partial charge is 0.395 e. The van der Waals surface area contributed by atoms with Crippen molar-refractivity contribution in [2.24, 2.45) is 0 Å². The van der Waals surface area contributed by atoms with Crippen LogP contribution < -0.4 is 5.32 Å². The molecule has 1 amide bonds. The van der Waals surface area contributed by atoms with Crippen LogP contribution in [0.4, 0.5) is 0 Å². The van der Waals surface area contributed by atoms with Crippen LogP contribution in [-0.2, 0) is 0 Å². The van der Waals surface area contributed by atoms with E-state index in [1.807, 2.05) is 12.1 Å². The van der Waals surface area contributed by atoms with Gasteiger partial charge in [-0.05, 0) is 12.1 Å². The van der Waals surface area contributed by atoms with E-state index in [0.717, 1.165) is 10.6 Å². The van der Waals surface area contributed by atoms with Crippen LogP contribution in [0, 0.1) is 0 Å². The van der Waals surface area contributed by atoms with E-state index in [1.165, 1.54) is 11.3 Å². The number of aliphatic hydroxyl groups excluding tert-OH is 1. The van der Waals surface area contributed by atoms with Crippen molar-refractivity contribution in [1.29, 1.82) is 0 Å². The summed E-state index contributed by atoms with van der Waals surface area (Å²) < 4.78 is -0.225. The number of nitrogens with zero attached hydrogens (tertiary/aromatic N) is 1. The lowest BCUT2D eigenvalue weighted by atomic mass is 10.2. The third-order valence-corrected chi connectivity index (χ3v) is 4.79. The van der Waals surface area contributed by atoms with Crippen molar-refractivity contribution in [2.75, 3.05) is 13.2 Å². The number of rotatable bonds is 5. The van der Waals surface area contributed by atoms with Gasteiger partial charge in [-0.15, -0.1) is 11.3 Å². The van der Waals surface area contributed by atoms with E-state index in [4.69, 9.17) is 16.7 Å². The molecule has 112 valence electrons. The molecule has 0 saturated heterocycles. The van der Waals surface area contributed by atoms with Gasteiger partial charge in [0.1, 0.15) is 13.6 Å². The number of aromatic nitrogens is 1. The monoisotopic (exact) mass is 452 g/mol. The molecule has 2 rings (SSSR count). The first-order valence-electron chi connectivity index (χ1n) is 5.96. The quantitative estimate of drug-likeness (QED) is 0.672. The van der Waals surface area contributed by atoms with E-state index in [-0.39, 0.29) is 22.8 Å². The number of nitrogens with one attached hydrogen (secondary N) is 1. The SMILES string of the molecule is O=C(NCCO)c1sc(-c2ccc(Cl)cc2)nc1C(Br)Br. The Labute approximate surface area is 147 Å². The minimum absolute atomic E-state index is 0.101. The molecular formula is C13H11Br2ClN2O2S. The highest BCUT2D eigenvalue weighted by Gasteiger charge is 2.22. The zero-order chi connectivity index (χ0) is 15.4. The minimum atomic E-state index is -0.249. The van der Waals surface area contributed by atoms with Gasteiger partial charge in [-0.25, -0.2) is 4.98 Å². The van der Waals surface area contributed by atoms with Crippen LogP contribution >= 0.6 is 54.8 Å². The molecule has 4 nitrogen and oxygen atoms in total. The topological polar surface area (TPSA) is 62.2 Å². The zero-order valence-corrected chi connectivity index (χ0v) is 15.4. The summed E-state index contributed by atoms with van der Waals surface area (Å²) in [5, 5.41) is 12.8. The summed E-state index contributed by atoms with van der Waals surface area (Å²) in [6.07, 6.45) is 0. The summed E-state index contributed by atoms with van der Waals surface area (Å²) in [6, 6.07) is 7.28. The van der Waals surface area contributed by atoms with Crippen LogP contribution in [0.3, 0.4) is 0 Å². The van der Waals surface area contributed by atoms with E-state index in [9.17, 15) is 4.79 Å². The van der Waals surface area contributed by atoms with Gasteiger partial charge in [0.15, 0.2) is 0 Å². The molecule has 0 fully saturated rings. The first-order chi connectivity index (χ1) is 10.0. The molecular weight excluding hydrogens is 443 g/mol. The number of carbonyl (C=O) groups is 1. The number of thiazole rings is 1. The number of aliphatic hydroxyl groups is 1. The van der Waals surface area contributed by atoms with E-state index >= 15 is 0 Å². The molecule has 21 heavy (non-hydrogen) atoms. The molecule has 0 bridgehead atoms. The zero-order valence-electron chi connectivity index (χ0n) is 10.6. The highest BCUT2D eigenvalue weighted by Crippen LogP contribution is 2.37. The lowest BCUT2D eigenvalue weighted by molar-refractivity contribution is 0.0948.